The molecular formula is C14H18BrNO4. The number of carboxylic acid groups (broad SMARTS) is 1. The van der Waals surface area contributed by atoms with Crippen molar-refractivity contribution in [2.45, 2.75) is 38.6 Å². The molecule has 1 atom stereocenters. The van der Waals surface area contributed by atoms with Gasteiger partial charge >= 0.3 is 5.97 Å². The predicted molar refractivity (Wildman–Crippen MR) is 78.2 cm³/mol. The minimum Gasteiger partial charge on any atom is -0.481 e. The first-order chi connectivity index (χ1) is 9.41. The van der Waals surface area contributed by atoms with E-state index in [2.05, 4.69) is 29.8 Å². The van der Waals surface area contributed by atoms with Crippen LogP contribution in [0.4, 0.5) is 0 Å². The molecule has 0 radical (unpaired) electrons. The van der Waals surface area contributed by atoms with Crippen LogP contribution >= 0.6 is 15.9 Å². The van der Waals surface area contributed by atoms with E-state index in [9.17, 15) is 4.79 Å². The molecule has 5 nitrogen and oxygen atoms in total. The average Bonchev–Trinajstić information content (AvgIpc) is 2.83. The maximum Gasteiger partial charge on any atom is 0.303 e. The van der Waals surface area contributed by atoms with Crippen molar-refractivity contribution < 1.29 is 19.4 Å². The normalized spacial score (nSPS) is 14.7. The summed E-state index contributed by atoms with van der Waals surface area (Å²) in [6.45, 7) is 4.32. The third kappa shape index (κ3) is 2.91. The van der Waals surface area contributed by atoms with E-state index in [4.69, 9.17) is 20.3 Å². The molecule has 0 aliphatic carbocycles. The molecule has 0 amide bonds. The second-order valence-corrected chi connectivity index (χ2v) is 5.91. The van der Waals surface area contributed by atoms with Crippen molar-refractivity contribution in [3.05, 3.63) is 21.7 Å². The summed E-state index contributed by atoms with van der Waals surface area (Å²) in [7, 11) is 0. The van der Waals surface area contributed by atoms with Gasteiger partial charge in [-0.25, -0.2) is 0 Å². The monoisotopic (exact) mass is 343 g/mol. The zero-order chi connectivity index (χ0) is 14.9. The lowest BCUT2D eigenvalue weighted by atomic mass is 9.90. The Morgan fingerprint density at radius 3 is 2.80 bits per heavy atom. The number of halogens is 1. The summed E-state index contributed by atoms with van der Waals surface area (Å²) in [5.74, 6) is 0.751. The quantitative estimate of drug-likeness (QED) is 0.857. The minimum atomic E-state index is -0.841. The fourth-order valence-electron chi connectivity index (χ4n) is 2.36. The molecule has 0 spiro atoms. The van der Waals surface area contributed by atoms with Gasteiger partial charge in [0, 0.05) is 12.5 Å². The van der Waals surface area contributed by atoms with E-state index in [0.717, 1.165) is 15.6 Å². The van der Waals surface area contributed by atoms with Gasteiger partial charge in [0.15, 0.2) is 11.5 Å². The highest BCUT2D eigenvalue weighted by atomic mass is 79.9. The molecule has 0 fully saturated rings. The highest BCUT2D eigenvalue weighted by molar-refractivity contribution is 9.10. The van der Waals surface area contributed by atoms with E-state index < -0.39 is 5.97 Å². The molecule has 1 aromatic rings. The van der Waals surface area contributed by atoms with Crippen molar-refractivity contribution in [3.8, 4) is 11.5 Å². The van der Waals surface area contributed by atoms with Crippen LogP contribution in [0.1, 0.15) is 49.8 Å². The van der Waals surface area contributed by atoms with Crippen molar-refractivity contribution in [1.29, 1.82) is 0 Å². The molecule has 20 heavy (non-hydrogen) atoms. The van der Waals surface area contributed by atoms with Gasteiger partial charge in [-0.3, -0.25) is 4.79 Å². The number of carboxylic acids is 1. The third-order valence-electron chi connectivity index (χ3n) is 3.32. The third-order valence-corrected chi connectivity index (χ3v) is 4.11. The van der Waals surface area contributed by atoms with E-state index in [1.54, 1.807) is 0 Å². The Morgan fingerprint density at radius 1 is 1.50 bits per heavy atom. The summed E-state index contributed by atoms with van der Waals surface area (Å²) in [5, 5.41) is 8.79. The van der Waals surface area contributed by atoms with Gasteiger partial charge in [0.1, 0.15) is 0 Å². The van der Waals surface area contributed by atoms with Crippen LogP contribution in [-0.2, 0) is 4.79 Å². The van der Waals surface area contributed by atoms with Crippen LogP contribution < -0.4 is 15.2 Å². The fraction of sp³-hybridized carbons (Fsp3) is 0.500. The van der Waals surface area contributed by atoms with E-state index in [-0.39, 0.29) is 25.2 Å². The Hall–Kier alpha value is -1.27. The lowest BCUT2D eigenvalue weighted by Crippen LogP contribution is -2.15. The van der Waals surface area contributed by atoms with Crippen molar-refractivity contribution >= 4 is 21.9 Å². The molecular weight excluding hydrogens is 326 g/mol. The summed E-state index contributed by atoms with van der Waals surface area (Å²) < 4.78 is 11.7. The molecule has 0 saturated carbocycles. The number of ether oxygens (including phenoxy) is 2. The van der Waals surface area contributed by atoms with Crippen LogP contribution in [-0.4, -0.2) is 17.9 Å². The smallest absolute Gasteiger partial charge is 0.303 e. The Kier molecular flexibility index (Phi) is 4.55. The number of benzene rings is 1. The molecule has 1 aliphatic heterocycles. The largest absolute Gasteiger partial charge is 0.481 e. The minimum absolute atomic E-state index is 0.0464. The zero-order valence-electron chi connectivity index (χ0n) is 11.5. The van der Waals surface area contributed by atoms with Gasteiger partial charge in [-0.1, -0.05) is 13.8 Å². The van der Waals surface area contributed by atoms with E-state index >= 15 is 0 Å². The first-order valence-electron chi connectivity index (χ1n) is 6.51. The maximum absolute atomic E-state index is 10.7. The zero-order valence-corrected chi connectivity index (χ0v) is 13.1. The number of fused-ring (bicyclic) bond motifs is 1. The standard InChI is InChI=1S/C14H18BrNO4/c1-7(2)12-8(9(16)3-4-11(17)18)5-10-14(13(12)15)20-6-19-10/h5,7,9H,3-4,6,16H2,1-2H3,(H,17,18). The molecule has 1 heterocycles. The van der Waals surface area contributed by atoms with Crippen LogP contribution in [0.25, 0.3) is 0 Å². The number of hydrogen-bond donors (Lipinski definition) is 2. The first kappa shape index (κ1) is 15.1. The van der Waals surface area contributed by atoms with Gasteiger partial charge in [-0.15, -0.1) is 0 Å². The summed E-state index contributed by atoms with van der Waals surface area (Å²) >= 11 is 3.56. The lowest BCUT2D eigenvalue weighted by Gasteiger charge is -2.21. The molecule has 1 unspecified atom stereocenters. The Bertz CT molecular complexity index is 530. The van der Waals surface area contributed by atoms with Crippen molar-refractivity contribution in [2.75, 3.05) is 6.79 Å². The molecule has 6 heteroatoms. The molecule has 2 rings (SSSR count). The van der Waals surface area contributed by atoms with Crippen LogP contribution in [0.3, 0.4) is 0 Å². The maximum atomic E-state index is 10.7. The Balaban J connectivity index is 2.40. The first-order valence-corrected chi connectivity index (χ1v) is 7.30. The van der Waals surface area contributed by atoms with Crippen molar-refractivity contribution in [3.63, 3.8) is 0 Å². The molecule has 3 N–H and O–H groups in total. The van der Waals surface area contributed by atoms with Gasteiger partial charge in [-0.2, -0.15) is 0 Å². The van der Waals surface area contributed by atoms with Crippen LogP contribution in [0.15, 0.2) is 10.5 Å². The summed E-state index contributed by atoms with van der Waals surface area (Å²) in [6.07, 6.45) is 0.436. The van der Waals surface area contributed by atoms with Crippen molar-refractivity contribution in [2.24, 2.45) is 5.73 Å². The summed E-state index contributed by atoms with van der Waals surface area (Å²) in [6, 6.07) is 1.53. The molecule has 1 aliphatic rings. The summed E-state index contributed by atoms with van der Waals surface area (Å²) in [4.78, 5) is 10.7. The Morgan fingerprint density at radius 2 is 2.20 bits per heavy atom. The average molecular weight is 344 g/mol. The second kappa shape index (κ2) is 6.01. The van der Waals surface area contributed by atoms with E-state index in [1.165, 1.54) is 0 Å². The van der Waals surface area contributed by atoms with Crippen molar-refractivity contribution in [1.82, 2.24) is 0 Å². The van der Waals surface area contributed by atoms with Crippen LogP contribution in [0, 0.1) is 0 Å². The second-order valence-electron chi connectivity index (χ2n) is 5.12. The number of rotatable bonds is 5. The van der Waals surface area contributed by atoms with Gasteiger partial charge in [-0.05, 0) is 45.5 Å². The highest BCUT2D eigenvalue weighted by Crippen LogP contribution is 2.46. The van der Waals surface area contributed by atoms with Crippen LogP contribution in [0.2, 0.25) is 0 Å². The number of nitrogens with two attached hydrogens (primary N) is 1. The van der Waals surface area contributed by atoms with E-state index in [1.807, 2.05) is 6.07 Å². The molecule has 0 aromatic heterocycles. The predicted octanol–water partition coefficient (Wildman–Crippen LogP) is 3.17. The van der Waals surface area contributed by atoms with Gasteiger partial charge in [0.05, 0.1) is 4.47 Å². The van der Waals surface area contributed by atoms with Gasteiger partial charge in [0.25, 0.3) is 0 Å². The van der Waals surface area contributed by atoms with Gasteiger partial charge < -0.3 is 20.3 Å². The van der Waals surface area contributed by atoms with Crippen LogP contribution in [0.5, 0.6) is 11.5 Å². The Labute approximate surface area is 126 Å². The highest BCUT2D eigenvalue weighted by Gasteiger charge is 2.26. The van der Waals surface area contributed by atoms with Gasteiger partial charge in [0.2, 0.25) is 6.79 Å². The number of carbonyl (C=O) groups is 1. The topological polar surface area (TPSA) is 81.8 Å². The molecule has 0 bridgehead atoms. The number of aliphatic carboxylic acids is 1. The molecule has 1 aromatic carbocycles. The molecule has 0 saturated heterocycles. The summed E-state index contributed by atoms with van der Waals surface area (Å²) in [5.41, 5.74) is 8.13. The SMILES string of the molecule is CC(C)c1c(C(N)CCC(=O)O)cc2c(c1Br)OCO2. The molecule has 110 valence electrons. The number of hydrogen-bond acceptors (Lipinski definition) is 4. The fourth-order valence-corrected chi connectivity index (χ4v) is 3.36. The van der Waals surface area contributed by atoms with E-state index in [0.29, 0.717) is 17.9 Å². The lowest BCUT2D eigenvalue weighted by molar-refractivity contribution is -0.137.